The molecule has 6 nitrogen and oxygen atoms in total. The fourth-order valence-electron chi connectivity index (χ4n) is 2.92. The topological polar surface area (TPSA) is 93.4 Å². The second kappa shape index (κ2) is 6.61. The zero-order valence-corrected chi connectivity index (χ0v) is 13.7. The molecule has 1 aliphatic rings. The van der Waals surface area contributed by atoms with E-state index in [1.54, 1.807) is 18.2 Å². The van der Waals surface area contributed by atoms with Gasteiger partial charge in [-0.05, 0) is 35.7 Å². The van der Waals surface area contributed by atoms with Gasteiger partial charge in [0, 0.05) is 24.8 Å². The van der Waals surface area contributed by atoms with Crippen molar-refractivity contribution >= 4 is 16.0 Å². The minimum atomic E-state index is -4.37. The van der Waals surface area contributed by atoms with Crippen LogP contribution in [-0.2, 0) is 23.3 Å². The van der Waals surface area contributed by atoms with Crippen LogP contribution in [0.4, 0.5) is 5.69 Å². The zero-order chi connectivity index (χ0) is 17.2. The number of hydrogen-bond acceptors (Lipinski definition) is 4. The monoisotopic (exact) mass is 343 g/mol. The first-order valence-corrected chi connectivity index (χ1v) is 8.92. The highest BCUT2D eigenvalue weighted by atomic mass is 32.2. The highest BCUT2D eigenvalue weighted by Crippen LogP contribution is 2.26. The Morgan fingerprint density at radius 2 is 2.00 bits per heavy atom. The van der Waals surface area contributed by atoms with Crippen molar-refractivity contribution in [2.24, 2.45) is 0 Å². The van der Waals surface area contributed by atoms with Crippen molar-refractivity contribution in [1.82, 2.24) is 4.31 Å². The van der Waals surface area contributed by atoms with Crippen LogP contribution >= 0.6 is 0 Å². The van der Waals surface area contributed by atoms with E-state index < -0.39 is 16.3 Å². The van der Waals surface area contributed by atoms with Gasteiger partial charge in [-0.15, -0.1) is 0 Å². The van der Waals surface area contributed by atoms with Crippen LogP contribution in [0, 0.1) is 11.3 Å². The van der Waals surface area contributed by atoms with Gasteiger partial charge in [0.25, 0.3) is 0 Å². The number of hydrogen-bond donors (Lipinski definition) is 2. The molecule has 0 fully saturated rings. The summed E-state index contributed by atoms with van der Waals surface area (Å²) < 4.78 is 34.5. The second-order valence-electron chi connectivity index (χ2n) is 5.73. The van der Waals surface area contributed by atoms with Gasteiger partial charge in [-0.2, -0.15) is 18.0 Å². The highest BCUT2D eigenvalue weighted by Gasteiger charge is 2.31. The molecule has 0 bridgehead atoms. The Balaban J connectivity index is 1.95. The molecule has 1 aliphatic heterocycles. The maximum absolute atomic E-state index is 11.9. The number of benzene rings is 2. The molecule has 0 radical (unpaired) electrons. The van der Waals surface area contributed by atoms with E-state index in [1.807, 2.05) is 36.4 Å². The molecule has 0 saturated carbocycles. The van der Waals surface area contributed by atoms with Gasteiger partial charge in [0.05, 0.1) is 11.6 Å². The Hall–Kier alpha value is -2.40. The number of anilines is 1. The number of fused-ring (bicyclic) bond motifs is 1. The lowest BCUT2D eigenvalue weighted by Gasteiger charge is -2.26. The molecule has 0 amide bonds. The van der Waals surface area contributed by atoms with Crippen LogP contribution in [0.15, 0.2) is 48.5 Å². The summed E-state index contributed by atoms with van der Waals surface area (Å²) in [7, 11) is -4.37. The summed E-state index contributed by atoms with van der Waals surface area (Å²) in [6, 6.07) is 16.2. The minimum Gasteiger partial charge on any atom is -0.383 e. The number of nitrogens with one attached hydrogen (secondary N) is 1. The number of nitrogens with zero attached hydrogens (tertiary/aromatic N) is 2. The highest BCUT2D eigenvalue weighted by molar-refractivity contribution is 7.83. The van der Waals surface area contributed by atoms with Gasteiger partial charge in [-0.3, -0.25) is 4.55 Å². The average molecular weight is 343 g/mol. The summed E-state index contributed by atoms with van der Waals surface area (Å²) in [6.07, 6.45) is 0.479. The molecule has 0 saturated heterocycles. The Labute approximate surface area is 141 Å². The summed E-state index contributed by atoms with van der Waals surface area (Å²) in [5.41, 5.74) is 2.88. The molecule has 0 aromatic heterocycles. The van der Waals surface area contributed by atoms with Crippen molar-refractivity contribution in [2.75, 3.05) is 11.9 Å². The first-order chi connectivity index (χ1) is 11.5. The molecule has 0 spiro atoms. The van der Waals surface area contributed by atoms with E-state index in [-0.39, 0.29) is 6.54 Å². The van der Waals surface area contributed by atoms with Crippen molar-refractivity contribution < 1.29 is 13.0 Å². The van der Waals surface area contributed by atoms with Crippen molar-refractivity contribution in [2.45, 2.75) is 19.0 Å². The standard InChI is InChI=1S/C17H17N3O3S/c18-10-14-6-7-17-15(8-14)12-20(24(21,22)23)16(11-19-17)9-13-4-2-1-3-5-13/h1-8,16,19H,9,11-12H2,(H,21,22,23). The van der Waals surface area contributed by atoms with Gasteiger partial charge >= 0.3 is 10.3 Å². The lowest BCUT2D eigenvalue weighted by molar-refractivity contribution is 0.288. The van der Waals surface area contributed by atoms with Crippen LogP contribution in [0.3, 0.4) is 0 Å². The first kappa shape index (κ1) is 16.5. The van der Waals surface area contributed by atoms with Crippen LogP contribution < -0.4 is 5.32 Å². The van der Waals surface area contributed by atoms with E-state index in [2.05, 4.69) is 5.32 Å². The Morgan fingerprint density at radius 1 is 1.25 bits per heavy atom. The fourth-order valence-corrected chi connectivity index (χ4v) is 3.75. The molecule has 24 heavy (non-hydrogen) atoms. The SMILES string of the molecule is N#Cc1ccc2c(c1)CN(S(=O)(=O)O)C(Cc1ccccc1)CN2. The van der Waals surface area contributed by atoms with Gasteiger partial charge in [0.1, 0.15) is 0 Å². The van der Waals surface area contributed by atoms with E-state index in [1.165, 1.54) is 0 Å². The molecule has 2 aromatic carbocycles. The molecular weight excluding hydrogens is 326 g/mol. The Morgan fingerprint density at radius 3 is 2.67 bits per heavy atom. The van der Waals surface area contributed by atoms with Crippen LogP contribution in [0.25, 0.3) is 0 Å². The summed E-state index contributed by atoms with van der Waals surface area (Å²) in [5.74, 6) is 0. The Bertz CT molecular complexity index is 876. The molecule has 0 aliphatic carbocycles. The molecule has 2 aromatic rings. The maximum Gasteiger partial charge on any atom is 0.336 e. The van der Waals surface area contributed by atoms with Crippen LogP contribution in [0.5, 0.6) is 0 Å². The average Bonchev–Trinajstić information content (AvgIpc) is 2.75. The van der Waals surface area contributed by atoms with E-state index in [0.717, 1.165) is 15.6 Å². The van der Waals surface area contributed by atoms with Gasteiger partial charge in [-0.25, -0.2) is 0 Å². The van der Waals surface area contributed by atoms with E-state index in [0.29, 0.717) is 24.1 Å². The summed E-state index contributed by atoms with van der Waals surface area (Å²) >= 11 is 0. The summed E-state index contributed by atoms with van der Waals surface area (Å²) in [5, 5.41) is 12.3. The van der Waals surface area contributed by atoms with E-state index in [4.69, 9.17) is 5.26 Å². The summed E-state index contributed by atoms with van der Waals surface area (Å²) in [6.45, 7) is 0.391. The number of nitriles is 1. The maximum atomic E-state index is 11.9. The van der Waals surface area contributed by atoms with Crippen LogP contribution in [0.2, 0.25) is 0 Å². The molecule has 124 valence electrons. The van der Waals surface area contributed by atoms with Crippen molar-refractivity contribution in [3.8, 4) is 6.07 Å². The Kier molecular flexibility index (Phi) is 4.53. The lowest BCUT2D eigenvalue weighted by atomic mass is 10.1. The molecule has 7 heteroatoms. The van der Waals surface area contributed by atoms with Crippen LogP contribution in [0.1, 0.15) is 16.7 Å². The van der Waals surface area contributed by atoms with Crippen molar-refractivity contribution in [3.05, 3.63) is 65.2 Å². The predicted molar refractivity (Wildman–Crippen MR) is 90.7 cm³/mol. The van der Waals surface area contributed by atoms with Crippen molar-refractivity contribution in [1.29, 1.82) is 5.26 Å². The van der Waals surface area contributed by atoms with Gasteiger partial charge in [0.2, 0.25) is 0 Å². The normalized spacial score (nSPS) is 18.1. The first-order valence-electron chi connectivity index (χ1n) is 7.52. The molecule has 3 rings (SSSR count). The quantitative estimate of drug-likeness (QED) is 0.833. The van der Waals surface area contributed by atoms with Crippen molar-refractivity contribution in [3.63, 3.8) is 0 Å². The van der Waals surface area contributed by atoms with E-state index in [9.17, 15) is 13.0 Å². The van der Waals surface area contributed by atoms with Gasteiger partial charge < -0.3 is 5.32 Å². The molecule has 1 atom stereocenters. The predicted octanol–water partition coefficient (Wildman–Crippen LogP) is 2.20. The number of rotatable bonds is 3. The van der Waals surface area contributed by atoms with E-state index >= 15 is 0 Å². The van der Waals surface area contributed by atoms with Gasteiger partial charge in [-0.1, -0.05) is 30.3 Å². The molecule has 2 N–H and O–H groups in total. The lowest BCUT2D eigenvalue weighted by Crippen LogP contribution is -2.43. The summed E-state index contributed by atoms with van der Waals surface area (Å²) in [4.78, 5) is 0. The fraction of sp³-hybridized carbons (Fsp3) is 0.235. The zero-order valence-electron chi connectivity index (χ0n) is 12.9. The van der Waals surface area contributed by atoms with Crippen LogP contribution in [-0.4, -0.2) is 29.9 Å². The third-order valence-corrected chi connectivity index (χ3v) is 5.13. The minimum absolute atomic E-state index is 0.0220. The molecule has 1 unspecified atom stereocenters. The largest absolute Gasteiger partial charge is 0.383 e. The van der Waals surface area contributed by atoms with Gasteiger partial charge in [0.15, 0.2) is 0 Å². The molecular formula is C17H17N3O3S. The molecule has 1 heterocycles. The smallest absolute Gasteiger partial charge is 0.336 e. The third kappa shape index (κ3) is 3.57. The third-order valence-electron chi connectivity index (χ3n) is 4.11. The second-order valence-corrected chi connectivity index (χ2v) is 7.10.